The Morgan fingerprint density at radius 3 is 2.47 bits per heavy atom. The van der Waals surface area contributed by atoms with Crippen LogP contribution in [0.3, 0.4) is 0 Å². The van der Waals surface area contributed by atoms with Crippen molar-refractivity contribution in [2.45, 2.75) is 13.1 Å². The second kappa shape index (κ2) is 3.87. The van der Waals surface area contributed by atoms with Gasteiger partial charge in [-0.15, -0.1) is 0 Å². The van der Waals surface area contributed by atoms with Crippen LogP contribution >= 0.6 is 0 Å². The van der Waals surface area contributed by atoms with E-state index in [1.807, 2.05) is 0 Å². The van der Waals surface area contributed by atoms with Crippen molar-refractivity contribution in [1.29, 1.82) is 0 Å². The number of aromatic nitrogens is 2. The highest BCUT2D eigenvalue weighted by Gasteiger charge is 2.34. The zero-order valence-electron chi connectivity index (χ0n) is 8.77. The van der Waals surface area contributed by atoms with Gasteiger partial charge in [0.2, 0.25) is 5.82 Å². The number of benzene rings is 1. The first-order valence-corrected chi connectivity index (χ1v) is 4.76. The number of alkyl halides is 3. The number of nitrogens with zero attached hydrogens (tertiary/aromatic N) is 1. The van der Waals surface area contributed by atoms with E-state index in [2.05, 4.69) is 9.97 Å². The first-order chi connectivity index (χ1) is 7.88. The van der Waals surface area contributed by atoms with Gasteiger partial charge in [0.1, 0.15) is 5.82 Å². The van der Waals surface area contributed by atoms with Gasteiger partial charge in [-0.2, -0.15) is 13.2 Å². The molecule has 0 atom stereocenters. The molecule has 0 saturated carbocycles. The predicted octanol–water partition coefficient (Wildman–Crippen LogP) is 3.54. The molecule has 0 saturated heterocycles. The smallest absolute Gasteiger partial charge is 0.334 e. The summed E-state index contributed by atoms with van der Waals surface area (Å²) < 4.78 is 49.9. The van der Waals surface area contributed by atoms with Crippen LogP contribution in [-0.2, 0) is 6.18 Å². The van der Waals surface area contributed by atoms with Gasteiger partial charge in [0.25, 0.3) is 0 Å². The number of aryl methyl sites for hydroxylation is 1. The molecule has 0 aliphatic rings. The van der Waals surface area contributed by atoms with Crippen LogP contribution in [0.5, 0.6) is 0 Å². The van der Waals surface area contributed by atoms with Gasteiger partial charge < -0.3 is 4.98 Å². The van der Waals surface area contributed by atoms with Gasteiger partial charge in [-0.25, -0.2) is 9.37 Å². The average molecular weight is 244 g/mol. The summed E-state index contributed by atoms with van der Waals surface area (Å²) in [5.74, 6) is -1.46. The number of nitrogens with one attached hydrogen (secondary N) is 1. The number of rotatable bonds is 1. The maximum Gasteiger partial charge on any atom is 0.449 e. The summed E-state index contributed by atoms with van der Waals surface area (Å²) >= 11 is 0. The molecule has 0 unspecified atom stereocenters. The van der Waals surface area contributed by atoms with Gasteiger partial charge >= 0.3 is 6.18 Å². The number of hydrogen-bond acceptors (Lipinski definition) is 1. The molecule has 2 rings (SSSR count). The molecule has 0 radical (unpaired) electrons. The van der Waals surface area contributed by atoms with Crippen LogP contribution in [0.15, 0.2) is 24.4 Å². The molecule has 0 amide bonds. The van der Waals surface area contributed by atoms with Crippen molar-refractivity contribution in [3.05, 3.63) is 41.6 Å². The van der Waals surface area contributed by atoms with Crippen molar-refractivity contribution in [2.24, 2.45) is 0 Å². The third kappa shape index (κ3) is 2.30. The quantitative estimate of drug-likeness (QED) is 0.763. The topological polar surface area (TPSA) is 28.7 Å². The Hall–Kier alpha value is -1.85. The molecule has 0 fully saturated rings. The van der Waals surface area contributed by atoms with Crippen molar-refractivity contribution in [3.8, 4) is 11.3 Å². The van der Waals surface area contributed by atoms with E-state index in [0.717, 1.165) is 6.20 Å². The van der Waals surface area contributed by atoms with Gasteiger partial charge in [-0.05, 0) is 30.7 Å². The van der Waals surface area contributed by atoms with Crippen LogP contribution in [0.4, 0.5) is 17.6 Å². The SMILES string of the molecule is Cc1cc(-c2cnc(C(F)(F)F)[nH]2)ccc1F. The largest absolute Gasteiger partial charge is 0.449 e. The lowest BCUT2D eigenvalue weighted by molar-refractivity contribution is -0.144. The molecule has 90 valence electrons. The standard InChI is InChI=1S/C11H8F4N2/c1-6-4-7(2-3-8(6)12)9-5-16-10(17-9)11(13,14)15/h2-5H,1H3,(H,16,17). The average Bonchev–Trinajstić information content (AvgIpc) is 2.70. The van der Waals surface area contributed by atoms with E-state index in [1.165, 1.54) is 18.2 Å². The van der Waals surface area contributed by atoms with E-state index in [0.29, 0.717) is 11.1 Å². The molecule has 0 bridgehead atoms. The van der Waals surface area contributed by atoms with Crippen LogP contribution < -0.4 is 0 Å². The van der Waals surface area contributed by atoms with Crippen LogP contribution in [-0.4, -0.2) is 9.97 Å². The fourth-order valence-electron chi connectivity index (χ4n) is 1.42. The molecule has 1 aromatic carbocycles. The maximum absolute atomic E-state index is 13.0. The highest BCUT2D eigenvalue weighted by atomic mass is 19.4. The molecule has 2 aromatic rings. The number of H-pyrrole nitrogens is 1. The second-order valence-corrected chi connectivity index (χ2v) is 3.61. The predicted molar refractivity (Wildman–Crippen MR) is 53.7 cm³/mol. The maximum atomic E-state index is 13.0. The summed E-state index contributed by atoms with van der Waals surface area (Å²) in [6, 6.07) is 4.07. The van der Waals surface area contributed by atoms with E-state index in [9.17, 15) is 17.6 Å². The Morgan fingerprint density at radius 1 is 1.24 bits per heavy atom. The van der Waals surface area contributed by atoms with Crippen LogP contribution in [0.1, 0.15) is 11.4 Å². The number of hydrogen-bond donors (Lipinski definition) is 1. The van der Waals surface area contributed by atoms with E-state index in [-0.39, 0.29) is 5.69 Å². The summed E-state index contributed by atoms with van der Waals surface area (Å²) in [5, 5.41) is 0. The second-order valence-electron chi connectivity index (χ2n) is 3.61. The fraction of sp³-hybridized carbons (Fsp3) is 0.182. The molecule has 0 aliphatic heterocycles. The third-order valence-electron chi connectivity index (χ3n) is 2.31. The number of imidazole rings is 1. The van der Waals surface area contributed by atoms with E-state index in [4.69, 9.17) is 0 Å². The molecule has 2 nitrogen and oxygen atoms in total. The number of aromatic amines is 1. The Kier molecular flexibility index (Phi) is 2.65. The lowest BCUT2D eigenvalue weighted by Gasteiger charge is -2.02. The first kappa shape index (κ1) is 11.6. The molecule has 1 N–H and O–H groups in total. The molecule has 1 aromatic heterocycles. The Bertz CT molecular complexity index is 543. The van der Waals surface area contributed by atoms with Gasteiger partial charge in [-0.1, -0.05) is 0 Å². The summed E-state index contributed by atoms with van der Waals surface area (Å²) in [7, 11) is 0. The van der Waals surface area contributed by atoms with Crippen molar-refractivity contribution >= 4 is 0 Å². The zero-order chi connectivity index (χ0) is 12.6. The summed E-state index contributed by atoms with van der Waals surface area (Å²) in [6.07, 6.45) is -3.43. The van der Waals surface area contributed by atoms with Gasteiger partial charge in [-0.3, -0.25) is 0 Å². The van der Waals surface area contributed by atoms with Gasteiger partial charge in [0.15, 0.2) is 0 Å². The molecule has 17 heavy (non-hydrogen) atoms. The lowest BCUT2D eigenvalue weighted by atomic mass is 10.1. The van der Waals surface area contributed by atoms with Gasteiger partial charge in [0, 0.05) is 5.56 Å². The van der Waals surface area contributed by atoms with Crippen LogP contribution in [0, 0.1) is 12.7 Å². The van der Waals surface area contributed by atoms with Crippen LogP contribution in [0.25, 0.3) is 11.3 Å². The van der Waals surface area contributed by atoms with Crippen molar-refractivity contribution in [3.63, 3.8) is 0 Å². The Morgan fingerprint density at radius 2 is 1.94 bits per heavy atom. The van der Waals surface area contributed by atoms with E-state index >= 15 is 0 Å². The van der Waals surface area contributed by atoms with Gasteiger partial charge in [0.05, 0.1) is 11.9 Å². The zero-order valence-corrected chi connectivity index (χ0v) is 8.77. The van der Waals surface area contributed by atoms with Crippen molar-refractivity contribution < 1.29 is 17.6 Å². The fourth-order valence-corrected chi connectivity index (χ4v) is 1.42. The molecule has 6 heteroatoms. The highest BCUT2D eigenvalue weighted by molar-refractivity contribution is 5.59. The summed E-state index contributed by atoms with van der Waals surface area (Å²) in [6.45, 7) is 1.54. The van der Waals surface area contributed by atoms with E-state index < -0.39 is 17.8 Å². The Labute approximate surface area is 94.3 Å². The minimum absolute atomic E-state index is 0.209. The normalized spacial score (nSPS) is 11.8. The summed E-state index contributed by atoms with van der Waals surface area (Å²) in [4.78, 5) is 5.40. The monoisotopic (exact) mass is 244 g/mol. The molecular formula is C11H8F4N2. The highest BCUT2D eigenvalue weighted by Crippen LogP contribution is 2.29. The molecule has 0 aliphatic carbocycles. The first-order valence-electron chi connectivity index (χ1n) is 4.76. The molecule has 0 spiro atoms. The van der Waals surface area contributed by atoms with E-state index in [1.54, 1.807) is 6.92 Å². The Balaban J connectivity index is 2.40. The lowest BCUT2D eigenvalue weighted by Crippen LogP contribution is -2.07. The van der Waals surface area contributed by atoms with Crippen molar-refractivity contribution in [2.75, 3.05) is 0 Å². The minimum atomic E-state index is -4.51. The molecule has 1 heterocycles. The van der Waals surface area contributed by atoms with Crippen LogP contribution in [0.2, 0.25) is 0 Å². The third-order valence-corrected chi connectivity index (χ3v) is 2.31. The van der Waals surface area contributed by atoms with Crippen molar-refractivity contribution in [1.82, 2.24) is 9.97 Å². The molecular weight excluding hydrogens is 236 g/mol. The minimum Gasteiger partial charge on any atom is -0.334 e. The summed E-state index contributed by atoms with van der Waals surface area (Å²) in [5.41, 5.74) is 1.04. The number of halogens is 4.